The summed E-state index contributed by atoms with van der Waals surface area (Å²) in [6, 6.07) is 8.61. The molecule has 2 atom stereocenters. The highest BCUT2D eigenvalue weighted by atomic mass is 32.2. The molecule has 0 aromatic heterocycles. The van der Waals surface area contributed by atoms with Gasteiger partial charge < -0.3 is 20.3 Å². The monoisotopic (exact) mass is 652 g/mol. The van der Waals surface area contributed by atoms with Gasteiger partial charge in [-0.3, -0.25) is 9.59 Å². The van der Waals surface area contributed by atoms with Crippen LogP contribution in [0.4, 0.5) is 13.2 Å². The Morgan fingerprint density at radius 1 is 1.00 bits per heavy atom. The first-order valence-corrected chi connectivity index (χ1v) is 16.9. The number of rotatable bonds is 12. The van der Waals surface area contributed by atoms with Gasteiger partial charge in [0.15, 0.2) is 0 Å². The van der Waals surface area contributed by atoms with E-state index >= 15 is 0 Å². The summed E-state index contributed by atoms with van der Waals surface area (Å²) >= 11 is 0. The fourth-order valence-electron chi connectivity index (χ4n) is 5.75. The maximum atomic E-state index is 13.7. The summed E-state index contributed by atoms with van der Waals surface area (Å²) in [6.07, 6.45) is 1.43. The van der Waals surface area contributed by atoms with Crippen molar-refractivity contribution >= 4 is 21.8 Å². The van der Waals surface area contributed by atoms with Gasteiger partial charge in [-0.2, -0.15) is 17.5 Å². The lowest BCUT2D eigenvalue weighted by atomic mass is 9.95. The zero-order chi connectivity index (χ0) is 32.6. The second-order valence-electron chi connectivity index (χ2n) is 12.1. The Labute approximate surface area is 263 Å². The molecule has 45 heavy (non-hydrogen) atoms. The quantitative estimate of drug-likeness (QED) is 0.353. The van der Waals surface area contributed by atoms with Gasteiger partial charge in [-0.05, 0) is 75.7 Å². The summed E-state index contributed by atoms with van der Waals surface area (Å²) in [5, 5.41) is 5.86. The molecule has 0 spiro atoms. The van der Waals surface area contributed by atoms with E-state index in [9.17, 15) is 31.2 Å². The topological polar surface area (TPSA) is 108 Å². The first kappa shape index (κ1) is 34.7. The Bertz CT molecular complexity index is 1400. The molecule has 2 amide bonds. The van der Waals surface area contributed by atoms with Crippen LogP contribution < -0.4 is 15.4 Å². The lowest BCUT2D eigenvalue weighted by Gasteiger charge is -2.35. The predicted octanol–water partition coefficient (Wildman–Crippen LogP) is 4.37. The Balaban J connectivity index is 1.53. The number of nitrogens with one attached hydrogen (secondary N) is 2. The van der Waals surface area contributed by atoms with Crippen LogP contribution in [0.2, 0.25) is 0 Å². The summed E-state index contributed by atoms with van der Waals surface area (Å²) in [5.74, 6) is -0.340. The van der Waals surface area contributed by atoms with Crippen LogP contribution in [0.1, 0.15) is 62.5 Å². The highest BCUT2D eigenvalue weighted by molar-refractivity contribution is 7.89. The first-order valence-electron chi connectivity index (χ1n) is 15.5. The summed E-state index contributed by atoms with van der Waals surface area (Å²) in [6.45, 7) is 1.24. The van der Waals surface area contributed by atoms with E-state index in [4.69, 9.17) is 4.74 Å². The molecule has 2 aromatic carbocycles. The molecule has 1 unspecified atom stereocenters. The molecule has 248 valence electrons. The number of ether oxygens (including phenoxy) is 1. The lowest BCUT2D eigenvalue weighted by Crippen LogP contribution is -2.57. The van der Waals surface area contributed by atoms with Gasteiger partial charge in [-0.1, -0.05) is 43.9 Å². The average molecular weight is 653 g/mol. The van der Waals surface area contributed by atoms with Crippen molar-refractivity contribution in [1.29, 1.82) is 0 Å². The first-order chi connectivity index (χ1) is 21.3. The molecule has 1 aliphatic heterocycles. The van der Waals surface area contributed by atoms with E-state index in [1.54, 1.807) is 12.1 Å². The number of sulfonamides is 1. The number of piperidine rings is 1. The summed E-state index contributed by atoms with van der Waals surface area (Å²) in [7, 11) is -0.538. The molecule has 1 saturated heterocycles. The maximum Gasteiger partial charge on any atom is 0.416 e. The van der Waals surface area contributed by atoms with Crippen LogP contribution >= 0.6 is 0 Å². The molecule has 4 rings (SSSR count). The number of amides is 2. The van der Waals surface area contributed by atoms with E-state index < -0.39 is 44.6 Å². The van der Waals surface area contributed by atoms with Crippen molar-refractivity contribution in [2.24, 2.45) is 0 Å². The molecule has 1 aliphatic carbocycles. The van der Waals surface area contributed by atoms with Gasteiger partial charge in [-0.25, -0.2) is 8.42 Å². The number of hydrogen-bond acceptors (Lipinski definition) is 6. The van der Waals surface area contributed by atoms with Crippen molar-refractivity contribution in [3.8, 4) is 5.75 Å². The summed E-state index contributed by atoms with van der Waals surface area (Å²) < 4.78 is 74.0. The number of carbonyl (C=O) groups excluding carboxylic acids is 2. The molecular formula is C32H43F3N4O5S. The van der Waals surface area contributed by atoms with Gasteiger partial charge >= 0.3 is 6.18 Å². The Morgan fingerprint density at radius 3 is 2.36 bits per heavy atom. The number of alkyl halides is 3. The number of hydrogen-bond donors (Lipinski definition) is 2. The van der Waals surface area contributed by atoms with Crippen molar-refractivity contribution in [2.45, 2.75) is 87.0 Å². The predicted molar refractivity (Wildman–Crippen MR) is 164 cm³/mol. The maximum absolute atomic E-state index is 13.7. The van der Waals surface area contributed by atoms with Crippen LogP contribution in [0.3, 0.4) is 0 Å². The van der Waals surface area contributed by atoms with E-state index in [0.717, 1.165) is 66.7 Å². The van der Waals surface area contributed by atoms with Crippen LogP contribution in [0, 0.1) is 0 Å². The van der Waals surface area contributed by atoms with Crippen LogP contribution in [-0.2, 0) is 32.2 Å². The third-order valence-corrected chi connectivity index (χ3v) is 10.2. The number of carbonyl (C=O) groups is 2. The van der Waals surface area contributed by atoms with Crippen LogP contribution in [0.5, 0.6) is 5.75 Å². The molecule has 2 aliphatic rings. The molecule has 1 saturated carbocycles. The largest absolute Gasteiger partial charge is 0.492 e. The number of likely N-dealkylation sites (N-methyl/N-ethyl adjacent to an activating group) is 1. The van der Waals surface area contributed by atoms with Gasteiger partial charge in [0.05, 0.1) is 10.5 Å². The fourth-order valence-corrected chi connectivity index (χ4v) is 7.46. The van der Waals surface area contributed by atoms with Crippen molar-refractivity contribution < 1.29 is 35.9 Å². The number of nitrogens with zero attached hydrogens (tertiary/aromatic N) is 2. The fraction of sp³-hybridized carbons (Fsp3) is 0.562. The van der Waals surface area contributed by atoms with E-state index in [1.165, 1.54) is 0 Å². The Morgan fingerprint density at radius 2 is 1.69 bits per heavy atom. The molecule has 2 fully saturated rings. The minimum atomic E-state index is -4.72. The van der Waals surface area contributed by atoms with Gasteiger partial charge in [0.25, 0.3) is 0 Å². The second-order valence-corrected chi connectivity index (χ2v) is 13.9. The van der Waals surface area contributed by atoms with Crippen molar-refractivity contribution in [2.75, 3.05) is 33.8 Å². The number of halogens is 3. The minimum Gasteiger partial charge on any atom is -0.492 e. The highest BCUT2D eigenvalue weighted by Crippen LogP contribution is 2.32. The summed E-state index contributed by atoms with van der Waals surface area (Å²) in [5.41, 5.74) is -0.314. The van der Waals surface area contributed by atoms with Crippen LogP contribution in [-0.4, -0.2) is 81.4 Å². The standard InChI is InChI=1S/C32H43F3N4O5S/c1-38(2)19-20-44-26-16-14-23(15-17-26)21-28(30(40)36-25-10-4-3-5-11-25)37-31(41)29-13-6-7-18-39(29)45(42,43)27-12-8-9-24(22-27)32(33,34)35/h8-9,12,14-17,22,25,28-29H,3-7,10-11,13,18-21H2,1-2H3,(H,36,40)(H,37,41)/t28?,29-/m0/s1. The molecular weight excluding hydrogens is 609 g/mol. The Kier molecular flexibility index (Phi) is 11.9. The average Bonchev–Trinajstić information content (AvgIpc) is 3.01. The van der Waals surface area contributed by atoms with Gasteiger partial charge in [0.1, 0.15) is 24.4 Å². The van der Waals surface area contributed by atoms with Gasteiger partial charge in [0, 0.05) is 25.6 Å². The molecule has 13 heteroatoms. The zero-order valence-corrected chi connectivity index (χ0v) is 26.6. The smallest absolute Gasteiger partial charge is 0.416 e. The van der Waals surface area contributed by atoms with Crippen molar-refractivity contribution in [1.82, 2.24) is 19.8 Å². The lowest BCUT2D eigenvalue weighted by molar-refractivity contribution is -0.137. The third-order valence-electron chi connectivity index (χ3n) is 8.28. The molecule has 0 radical (unpaired) electrons. The van der Waals surface area contributed by atoms with Crippen molar-refractivity contribution in [3.63, 3.8) is 0 Å². The molecule has 1 heterocycles. The van der Waals surface area contributed by atoms with Crippen molar-refractivity contribution in [3.05, 3.63) is 59.7 Å². The SMILES string of the molecule is CN(C)CCOc1ccc(CC(NC(=O)[C@@H]2CCCCN2S(=O)(=O)c2cccc(C(F)(F)F)c2)C(=O)NC2CCCCC2)cc1. The van der Waals surface area contributed by atoms with E-state index in [1.807, 2.05) is 31.1 Å². The second kappa shape index (κ2) is 15.4. The van der Waals surface area contributed by atoms with E-state index in [0.29, 0.717) is 31.3 Å². The van der Waals surface area contributed by atoms with Gasteiger partial charge in [0.2, 0.25) is 21.8 Å². The normalized spacial score (nSPS) is 19.2. The van der Waals surface area contributed by atoms with E-state index in [-0.39, 0.29) is 31.3 Å². The summed E-state index contributed by atoms with van der Waals surface area (Å²) in [4.78, 5) is 28.8. The van der Waals surface area contributed by atoms with Gasteiger partial charge in [-0.15, -0.1) is 0 Å². The molecule has 2 aromatic rings. The van der Waals surface area contributed by atoms with Crippen LogP contribution in [0.15, 0.2) is 53.4 Å². The molecule has 0 bridgehead atoms. The van der Waals surface area contributed by atoms with E-state index in [2.05, 4.69) is 10.6 Å². The minimum absolute atomic E-state index is 0.00871. The highest BCUT2D eigenvalue weighted by Gasteiger charge is 2.40. The zero-order valence-electron chi connectivity index (χ0n) is 25.8. The molecule has 9 nitrogen and oxygen atoms in total. The van der Waals surface area contributed by atoms with Crippen LogP contribution in [0.25, 0.3) is 0 Å². The molecule has 2 N–H and O–H groups in total. The third kappa shape index (κ3) is 9.67. The number of benzene rings is 2. The Hall–Kier alpha value is -3.16.